The molecule has 1 heterocycles. The number of aliphatic carboxylic acids is 1. The zero-order valence-corrected chi connectivity index (χ0v) is 12.6. The van der Waals surface area contributed by atoms with Gasteiger partial charge in [-0.3, -0.25) is 9.69 Å². The van der Waals surface area contributed by atoms with E-state index in [1.165, 1.54) is 5.56 Å². The summed E-state index contributed by atoms with van der Waals surface area (Å²) in [5.74, 6) is -0.501. The lowest BCUT2D eigenvalue weighted by molar-refractivity contribution is -0.143. The number of rotatable bonds is 4. The number of likely N-dealkylation sites (tertiary alicyclic amines) is 1. The normalized spacial score (nSPS) is 18.4. The average molecular weight is 286 g/mol. The van der Waals surface area contributed by atoms with Gasteiger partial charge in [0.2, 0.25) is 0 Å². The Hall–Kier alpha value is -1.86. The topological polar surface area (TPSA) is 64.3 Å². The van der Waals surface area contributed by atoms with Crippen molar-refractivity contribution in [3.8, 4) is 6.07 Å². The molecule has 112 valence electrons. The lowest BCUT2D eigenvalue weighted by Gasteiger charge is -2.33. The van der Waals surface area contributed by atoms with Crippen molar-refractivity contribution in [2.45, 2.75) is 38.6 Å². The summed E-state index contributed by atoms with van der Waals surface area (Å²) in [5.41, 5.74) is 2.26. The van der Waals surface area contributed by atoms with Gasteiger partial charge in [-0.2, -0.15) is 5.26 Å². The third kappa shape index (κ3) is 3.62. The number of nitrogens with zero attached hydrogens (tertiary/aromatic N) is 2. The first-order valence-corrected chi connectivity index (χ1v) is 7.49. The first-order chi connectivity index (χ1) is 10.0. The second-order valence-electron chi connectivity index (χ2n) is 6.00. The van der Waals surface area contributed by atoms with Crippen LogP contribution >= 0.6 is 0 Å². The Morgan fingerprint density at radius 2 is 1.76 bits per heavy atom. The van der Waals surface area contributed by atoms with E-state index in [4.69, 9.17) is 5.11 Å². The Kier molecular flexibility index (Phi) is 4.98. The van der Waals surface area contributed by atoms with E-state index in [9.17, 15) is 10.1 Å². The van der Waals surface area contributed by atoms with Gasteiger partial charge in [-0.25, -0.2) is 0 Å². The van der Waals surface area contributed by atoms with E-state index in [0.717, 1.165) is 5.56 Å². The summed E-state index contributed by atoms with van der Waals surface area (Å²) < 4.78 is 0. The van der Waals surface area contributed by atoms with Gasteiger partial charge in [0.15, 0.2) is 0 Å². The number of carboxylic acids is 1. The van der Waals surface area contributed by atoms with Crippen LogP contribution < -0.4 is 0 Å². The summed E-state index contributed by atoms with van der Waals surface area (Å²) in [6.07, 6.45) is 1.25. The van der Waals surface area contributed by atoms with Crippen molar-refractivity contribution in [2.75, 3.05) is 13.1 Å². The first kappa shape index (κ1) is 15.5. The number of benzene rings is 1. The van der Waals surface area contributed by atoms with Crippen LogP contribution in [0.25, 0.3) is 0 Å². The fourth-order valence-electron chi connectivity index (χ4n) is 2.83. The molecule has 0 saturated carbocycles. The summed E-state index contributed by atoms with van der Waals surface area (Å²) >= 11 is 0. The molecule has 1 aromatic rings. The zero-order chi connectivity index (χ0) is 15.4. The van der Waals surface area contributed by atoms with Crippen LogP contribution in [-0.4, -0.2) is 29.1 Å². The van der Waals surface area contributed by atoms with Crippen molar-refractivity contribution in [1.29, 1.82) is 5.26 Å². The Labute approximate surface area is 126 Å². The molecule has 0 aliphatic carbocycles. The second-order valence-corrected chi connectivity index (χ2v) is 6.00. The predicted octanol–water partition coefficient (Wildman–Crippen LogP) is 3.17. The van der Waals surface area contributed by atoms with Gasteiger partial charge in [0.25, 0.3) is 0 Å². The minimum absolute atomic E-state index is 0.260. The molecule has 21 heavy (non-hydrogen) atoms. The van der Waals surface area contributed by atoms with Gasteiger partial charge >= 0.3 is 5.97 Å². The highest BCUT2D eigenvalue weighted by Gasteiger charge is 2.29. The van der Waals surface area contributed by atoms with Crippen LogP contribution in [-0.2, 0) is 4.79 Å². The van der Waals surface area contributed by atoms with Gasteiger partial charge in [-0.1, -0.05) is 38.1 Å². The Morgan fingerprint density at radius 3 is 2.19 bits per heavy atom. The third-order valence-electron chi connectivity index (χ3n) is 4.29. The van der Waals surface area contributed by atoms with Crippen molar-refractivity contribution in [3.05, 3.63) is 35.4 Å². The second kappa shape index (κ2) is 6.73. The molecular weight excluding hydrogens is 264 g/mol. The molecule has 4 heteroatoms. The Morgan fingerprint density at radius 1 is 1.24 bits per heavy atom. The maximum atomic E-state index is 11.0. The van der Waals surface area contributed by atoms with Crippen molar-refractivity contribution in [3.63, 3.8) is 0 Å². The minimum Gasteiger partial charge on any atom is -0.481 e. The summed E-state index contributed by atoms with van der Waals surface area (Å²) in [7, 11) is 0. The molecule has 0 bridgehead atoms. The van der Waals surface area contributed by atoms with E-state index in [1.54, 1.807) is 0 Å². The van der Waals surface area contributed by atoms with E-state index in [1.807, 2.05) is 12.1 Å². The molecular formula is C17H22N2O2. The molecule has 0 spiro atoms. The largest absolute Gasteiger partial charge is 0.481 e. The van der Waals surface area contributed by atoms with Crippen LogP contribution in [0.2, 0.25) is 0 Å². The highest BCUT2D eigenvalue weighted by molar-refractivity contribution is 5.70. The van der Waals surface area contributed by atoms with Crippen LogP contribution in [0, 0.1) is 17.2 Å². The number of carboxylic acid groups (broad SMARTS) is 1. The molecule has 1 aliphatic rings. The standard InChI is InChI=1S/C17H22N2O2/c1-12(2)13-3-5-14(6-4-13)16(11-18)19-9-7-15(8-10-19)17(20)21/h3-6,12,15-16H,7-10H2,1-2H3,(H,20,21). The van der Waals surface area contributed by atoms with E-state index in [2.05, 4.69) is 36.9 Å². The molecule has 0 amide bonds. The molecule has 1 atom stereocenters. The van der Waals surface area contributed by atoms with E-state index in [-0.39, 0.29) is 12.0 Å². The molecule has 1 aromatic carbocycles. The smallest absolute Gasteiger partial charge is 0.306 e. The molecule has 0 aromatic heterocycles. The van der Waals surface area contributed by atoms with Crippen molar-refractivity contribution in [2.24, 2.45) is 5.92 Å². The molecule has 1 aliphatic heterocycles. The highest BCUT2D eigenvalue weighted by atomic mass is 16.4. The molecule has 1 saturated heterocycles. The van der Waals surface area contributed by atoms with Crippen molar-refractivity contribution < 1.29 is 9.90 Å². The number of nitriles is 1. The number of hydrogen-bond donors (Lipinski definition) is 1. The zero-order valence-electron chi connectivity index (χ0n) is 12.6. The fourth-order valence-corrected chi connectivity index (χ4v) is 2.83. The Balaban J connectivity index is 2.07. The van der Waals surface area contributed by atoms with Crippen molar-refractivity contribution in [1.82, 2.24) is 4.90 Å². The van der Waals surface area contributed by atoms with Gasteiger partial charge in [0.1, 0.15) is 6.04 Å². The fraction of sp³-hybridized carbons (Fsp3) is 0.529. The van der Waals surface area contributed by atoms with Gasteiger partial charge in [0.05, 0.1) is 12.0 Å². The summed E-state index contributed by atoms with van der Waals surface area (Å²) in [5, 5.41) is 18.5. The third-order valence-corrected chi connectivity index (χ3v) is 4.29. The van der Waals surface area contributed by atoms with Gasteiger partial charge in [-0.05, 0) is 29.9 Å². The SMILES string of the molecule is CC(C)c1ccc(C(C#N)N2CCC(C(=O)O)CC2)cc1. The first-order valence-electron chi connectivity index (χ1n) is 7.49. The van der Waals surface area contributed by atoms with E-state index >= 15 is 0 Å². The van der Waals surface area contributed by atoms with Crippen LogP contribution in [0.3, 0.4) is 0 Å². The van der Waals surface area contributed by atoms with Crippen LogP contribution in [0.1, 0.15) is 49.8 Å². The van der Waals surface area contributed by atoms with E-state index in [0.29, 0.717) is 31.8 Å². The summed E-state index contributed by atoms with van der Waals surface area (Å²) in [6, 6.07) is 10.3. The van der Waals surface area contributed by atoms with Crippen molar-refractivity contribution >= 4 is 5.97 Å². The average Bonchev–Trinajstić information content (AvgIpc) is 2.49. The van der Waals surface area contributed by atoms with Crippen LogP contribution in [0.5, 0.6) is 0 Å². The minimum atomic E-state index is -0.718. The number of carbonyl (C=O) groups is 1. The predicted molar refractivity (Wildman–Crippen MR) is 80.8 cm³/mol. The molecule has 1 fully saturated rings. The van der Waals surface area contributed by atoms with Gasteiger partial charge in [0, 0.05) is 13.1 Å². The van der Waals surface area contributed by atoms with Gasteiger partial charge in [-0.15, -0.1) is 0 Å². The molecule has 1 N–H and O–H groups in total. The summed E-state index contributed by atoms with van der Waals surface area (Å²) in [6.45, 7) is 5.63. The molecule has 4 nitrogen and oxygen atoms in total. The maximum absolute atomic E-state index is 11.0. The van der Waals surface area contributed by atoms with Crippen LogP contribution in [0.4, 0.5) is 0 Å². The highest BCUT2D eigenvalue weighted by Crippen LogP contribution is 2.27. The molecule has 2 rings (SSSR count). The van der Waals surface area contributed by atoms with E-state index < -0.39 is 5.97 Å². The number of hydrogen-bond acceptors (Lipinski definition) is 3. The quantitative estimate of drug-likeness (QED) is 0.923. The molecule has 1 unspecified atom stereocenters. The van der Waals surface area contributed by atoms with Gasteiger partial charge < -0.3 is 5.11 Å². The maximum Gasteiger partial charge on any atom is 0.306 e. The monoisotopic (exact) mass is 286 g/mol. The van der Waals surface area contributed by atoms with Crippen LogP contribution in [0.15, 0.2) is 24.3 Å². The molecule has 0 radical (unpaired) electrons. The Bertz CT molecular complexity index is 523. The lowest BCUT2D eigenvalue weighted by Crippen LogP contribution is -2.38. The lowest BCUT2D eigenvalue weighted by atomic mass is 9.94. The number of piperidine rings is 1. The summed E-state index contributed by atoms with van der Waals surface area (Å²) in [4.78, 5) is 13.1.